The first-order chi connectivity index (χ1) is 17.5. The molecule has 0 atom stereocenters. The number of aromatic nitrogens is 1. The van der Waals surface area contributed by atoms with Crippen molar-refractivity contribution in [3.05, 3.63) is 90.0 Å². The number of hydrogen-bond donors (Lipinski definition) is 0. The molecule has 36 heavy (non-hydrogen) atoms. The van der Waals surface area contributed by atoms with E-state index >= 15 is 0 Å². The quantitative estimate of drug-likeness (QED) is 0.338. The summed E-state index contributed by atoms with van der Waals surface area (Å²) in [5.41, 5.74) is 6.83. The molecule has 0 unspecified atom stereocenters. The predicted molar refractivity (Wildman–Crippen MR) is 143 cm³/mol. The Morgan fingerprint density at radius 2 is 1.89 bits per heavy atom. The van der Waals surface area contributed by atoms with Crippen LogP contribution in [0.5, 0.6) is 5.75 Å². The Labute approximate surface area is 211 Å². The summed E-state index contributed by atoms with van der Waals surface area (Å²) in [5.74, 6) is 0.767. The number of carbonyl (C=O) groups excluding carboxylic acids is 1. The first-order valence-electron chi connectivity index (χ1n) is 12.3. The second-order valence-corrected chi connectivity index (χ2v) is 9.26. The number of pyridine rings is 1. The van der Waals surface area contributed by atoms with Crippen LogP contribution in [0, 0.1) is 6.92 Å². The minimum atomic E-state index is 0.0313. The molecule has 4 aromatic rings. The average molecular weight is 482 g/mol. The van der Waals surface area contributed by atoms with Crippen molar-refractivity contribution in [3.8, 4) is 16.9 Å². The summed E-state index contributed by atoms with van der Waals surface area (Å²) in [4.78, 5) is 21.7. The van der Waals surface area contributed by atoms with Crippen LogP contribution < -0.4 is 4.74 Å². The molecule has 1 aliphatic heterocycles. The summed E-state index contributed by atoms with van der Waals surface area (Å²) in [6, 6.07) is 16.3. The Kier molecular flexibility index (Phi) is 6.87. The van der Waals surface area contributed by atoms with Crippen molar-refractivity contribution in [2.45, 2.75) is 20.4 Å². The summed E-state index contributed by atoms with van der Waals surface area (Å²) in [6.07, 6.45) is 7.23. The number of amides is 1. The predicted octanol–water partition coefficient (Wildman–Crippen LogP) is 5.56. The van der Waals surface area contributed by atoms with Crippen LogP contribution >= 0.6 is 0 Å². The van der Waals surface area contributed by atoms with Crippen LogP contribution in [-0.2, 0) is 11.3 Å². The lowest BCUT2D eigenvalue weighted by Crippen LogP contribution is -2.47. The number of furan rings is 1. The van der Waals surface area contributed by atoms with E-state index in [1.165, 1.54) is 5.56 Å². The third kappa shape index (κ3) is 4.77. The van der Waals surface area contributed by atoms with E-state index < -0.39 is 0 Å². The normalized spacial score (nSPS) is 14.9. The monoisotopic (exact) mass is 481 g/mol. The van der Waals surface area contributed by atoms with Gasteiger partial charge in [0.05, 0.1) is 13.4 Å². The van der Waals surface area contributed by atoms with Gasteiger partial charge in [0.25, 0.3) is 0 Å². The Hall–Kier alpha value is -3.90. The number of nitrogens with zero attached hydrogens (tertiary/aromatic N) is 3. The Balaban J connectivity index is 1.37. The SMILES string of the molecule is COc1c(/C(C)=C/C(=O)N2CCN(Cc3cccnc3)CC2)cc2c(-c3ccccc3)coc2c1C. The van der Waals surface area contributed by atoms with Crippen molar-refractivity contribution in [3.63, 3.8) is 0 Å². The molecule has 0 spiro atoms. The summed E-state index contributed by atoms with van der Waals surface area (Å²) in [6.45, 7) is 7.93. The van der Waals surface area contributed by atoms with Crippen LogP contribution in [0.4, 0.5) is 0 Å². The topological polar surface area (TPSA) is 58.8 Å². The Morgan fingerprint density at radius 1 is 1.11 bits per heavy atom. The molecular formula is C30H31N3O3. The van der Waals surface area contributed by atoms with Gasteiger partial charge < -0.3 is 14.1 Å². The molecule has 3 heterocycles. The van der Waals surface area contributed by atoms with Crippen molar-refractivity contribution in [1.29, 1.82) is 0 Å². The highest BCUT2D eigenvalue weighted by atomic mass is 16.5. The minimum Gasteiger partial charge on any atom is -0.496 e. The lowest BCUT2D eigenvalue weighted by atomic mass is 9.96. The lowest BCUT2D eigenvalue weighted by Gasteiger charge is -2.34. The average Bonchev–Trinajstić information content (AvgIpc) is 3.34. The van der Waals surface area contributed by atoms with Gasteiger partial charge in [-0.3, -0.25) is 14.7 Å². The zero-order chi connectivity index (χ0) is 25.1. The van der Waals surface area contributed by atoms with Crippen LogP contribution in [0.3, 0.4) is 0 Å². The number of fused-ring (bicyclic) bond motifs is 1. The maximum absolute atomic E-state index is 13.2. The molecule has 2 aromatic carbocycles. The molecule has 2 aromatic heterocycles. The highest BCUT2D eigenvalue weighted by Crippen LogP contribution is 2.40. The maximum Gasteiger partial charge on any atom is 0.246 e. The van der Waals surface area contributed by atoms with Gasteiger partial charge in [0.1, 0.15) is 11.3 Å². The molecule has 6 heteroatoms. The second-order valence-electron chi connectivity index (χ2n) is 9.26. The van der Waals surface area contributed by atoms with Crippen LogP contribution in [0.25, 0.3) is 27.7 Å². The Morgan fingerprint density at radius 3 is 2.58 bits per heavy atom. The number of rotatable bonds is 6. The third-order valence-electron chi connectivity index (χ3n) is 6.91. The van der Waals surface area contributed by atoms with Crippen LogP contribution in [0.1, 0.15) is 23.6 Å². The largest absolute Gasteiger partial charge is 0.496 e. The number of hydrogen-bond acceptors (Lipinski definition) is 5. The van der Waals surface area contributed by atoms with Crippen molar-refractivity contribution < 1.29 is 13.9 Å². The molecule has 6 nitrogen and oxygen atoms in total. The van der Waals surface area contributed by atoms with E-state index in [0.29, 0.717) is 13.1 Å². The summed E-state index contributed by atoms with van der Waals surface area (Å²) in [5, 5.41) is 1.01. The molecule has 1 saturated heterocycles. The van der Waals surface area contributed by atoms with Crippen LogP contribution in [0.2, 0.25) is 0 Å². The van der Waals surface area contributed by atoms with Gasteiger partial charge in [-0.25, -0.2) is 0 Å². The zero-order valence-electron chi connectivity index (χ0n) is 21.0. The number of piperazine rings is 1. The van der Waals surface area contributed by atoms with E-state index in [0.717, 1.165) is 64.2 Å². The molecule has 0 aliphatic carbocycles. The fourth-order valence-electron chi connectivity index (χ4n) is 4.94. The summed E-state index contributed by atoms with van der Waals surface area (Å²) >= 11 is 0. The van der Waals surface area contributed by atoms with Crippen molar-refractivity contribution in [2.24, 2.45) is 0 Å². The molecular weight excluding hydrogens is 450 g/mol. The molecule has 0 radical (unpaired) electrons. The zero-order valence-corrected chi connectivity index (χ0v) is 21.0. The fourth-order valence-corrected chi connectivity index (χ4v) is 4.94. The number of carbonyl (C=O) groups is 1. The standard InChI is InChI=1S/C30H31N3O3/c1-21(16-28(34)33-14-12-32(13-15-33)19-23-8-7-11-31-18-23)25-17-26-27(24-9-5-4-6-10-24)20-36-30(26)22(2)29(25)35-3/h4-11,16-18,20H,12-15,19H2,1-3H3/b21-16+. The number of allylic oxidation sites excluding steroid dienone is 1. The van der Waals surface area contributed by atoms with Crippen molar-refractivity contribution in [1.82, 2.24) is 14.8 Å². The molecule has 0 N–H and O–H groups in total. The smallest absolute Gasteiger partial charge is 0.246 e. The van der Waals surface area contributed by atoms with Crippen molar-refractivity contribution in [2.75, 3.05) is 33.3 Å². The number of methoxy groups -OCH3 is 1. The maximum atomic E-state index is 13.2. The van der Waals surface area contributed by atoms with Crippen LogP contribution in [-0.4, -0.2) is 54.0 Å². The summed E-state index contributed by atoms with van der Waals surface area (Å²) in [7, 11) is 1.66. The van der Waals surface area contributed by atoms with Gasteiger partial charge in [-0.2, -0.15) is 0 Å². The molecule has 0 bridgehead atoms. The van der Waals surface area contributed by atoms with E-state index in [4.69, 9.17) is 9.15 Å². The Bertz CT molecular complexity index is 1390. The van der Waals surface area contributed by atoms with E-state index in [-0.39, 0.29) is 5.91 Å². The van der Waals surface area contributed by atoms with Crippen LogP contribution in [0.15, 0.2) is 77.7 Å². The van der Waals surface area contributed by atoms with Crippen molar-refractivity contribution >= 4 is 22.4 Å². The lowest BCUT2D eigenvalue weighted by molar-refractivity contribution is -0.127. The molecule has 5 rings (SSSR count). The highest BCUT2D eigenvalue weighted by Gasteiger charge is 2.22. The minimum absolute atomic E-state index is 0.0313. The third-order valence-corrected chi connectivity index (χ3v) is 6.91. The molecule has 0 saturated carbocycles. The number of benzene rings is 2. The van der Waals surface area contributed by atoms with Gasteiger partial charge >= 0.3 is 0 Å². The van der Waals surface area contributed by atoms with Gasteiger partial charge in [-0.15, -0.1) is 0 Å². The van der Waals surface area contributed by atoms with Gasteiger partial charge in [-0.1, -0.05) is 36.4 Å². The number of aryl methyl sites for hydroxylation is 1. The molecule has 1 amide bonds. The number of ether oxygens (including phenoxy) is 1. The fraction of sp³-hybridized carbons (Fsp3) is 0.267. The highest BCUT2D eigenvalue weighted by molar-refractivity contribution is 6.01. The van der Waals surface area contributed by atoms with E-state index in [1.54, 1.807) is 25.6 Å². The van der Waals surface area contributed by atoms with Gasteiger partial charge in [0.2, 0.25) is 5.91 Å². The molecule has 1 aliphatic rings. The molecule has 184 valence electrons. The van der Waals surface area contributed by atoms with Gasteiger partial charge in [0, 0.05) is 73.3 Å². The summed E-state index contributed by atoms with van der Waals surface area (Å²) < 4.78 is 11.7. The van der Waals surface area contributed by atoms with E-state index in [9.17, 15) is 4.79 Å². The van der Waals surface area contributed by atoms with E-state index in [1.807, 2.05) is 49.2 Å². The second kappa shape index (κ2) is 10.4. The van der Waals surface area contributed by atoms with E-state index in [2.05, 4.69) is 34.1 Å². The first kappa shape index (κ1) is 23.8. The van der Waals surface area contributed by atoms with Gasteiger partial charge in [-0.05, 0) is 42.7 Å². The molecule has 1 fully saturated rings. The first-order valence-corrected chi connectivity index (χ1v) is 12.3. The van der Waals surface area contributed by atoms with Gasteiger partial charge in [0.15, 0.2) is 0 Å².